The van der Waals surface area contributed by atoms with Crippen LogP contribution < -0.4 is 10.6 Å². The van der Waals surface area contributed by atoms with E-state index in [0.29, 0.717) is 24.8 Å². The van der Waals surface area contributed by atoms with Gasteiger partial charge in [-0.3, -0.25) is 14.8 Å². The molecule has 1 fully saturated rings. The Morgan fingerprint density at radius 1 is 1.42 bits per heavy atom. The van der Waals surface area contributed by atoms with Crippen LogP contribution in [0.25, 0.3) is 0 Å². The Labute approximate surface area is 157 Å². The number of hydrogen-bond acceptors (Lipinski definition) is 3. The lowest BCUT2D eigenvalue weighted by molar-refractivity contribution is -0.129. The highest BCUT2D eigenvalue weighted by Crippen LogP contribution is 2.24. The molecule has 1 aromatic rings. The molecule has 6 nitrogen and oxygen atoms in total. The SMILES string of the molecule is CCNC(=NCC(c1cccnc1)C(C)C)NC1CCN(C(=O)CC)C1. The van der Waals surface area contributed by atoms with Crippen LogP contribution in [-0.2, 0) is 4.79 Å². The number of rotatable bonds is 7. The number of nitrogens with one attached hydrogen (secondary N) is 2. The lowest BCUT2D eigenvalue weighted by atomic mass is 9.89. The second kappa shape index (κ2) is 10.1. The van der Waals surface area contributed by atoms with Crippen molar-refractivity contribution in [2.75, 3.05) is 26.2 Å². The lowest BCUT2D eigenvalue weighted by Crippen LogP contribution is -2.45. The predicted octanol–water partition coefficient (Wildman–Crippen LogP) is 2.39. The Bertz CT molecular complexity index is 587. The Kier molecular flexibility index (Phi) is 7.88. The molecule has 1 amide bonds. The molecule has 2 N–H and O–H groups in total. The van der Waals surface area contributed by atoms with E-state index >= 15 is 0 Å². The molecular formula is C20H33N5O. The van der Waals surface area contributed by atoms with E-state index in [1.165, 1.54) is 5.56 Å². The molecule has 0 saturated carbocycles. The quantitative estimate of drug-likeness (QED) is 0.579. The third kappa shape index (κ3) is 5.71. The Morgan fingerprint density at radius 3 is 2.85 bits per heavy atom. The average molecular weight is 360 g/mol. The fraction of sp³-hybridized carbons (Fsp3) is 0.650. The zero-order valence-electron chi connectivity index (χ0n) is 16.5. The number of carbonyl (C=O) groups is 1. The van der Waals surface area contributed by atoms with Gasteiger partial charge < -0.3 is 15.5 Å². The topological polar surface area (TPSA) is 69.6 Å². The average Bonchev–Trinajstić information content (AvgIpc) is 3.10. The van der Waals surface area contributed by atoms with Crippen LogP contribution >= 0.6 is 0 Å². The minimum absolute atomic E-state index is 0.229. The van der Waals surface area contributed by atoms with Crippen LogP contribution in [-0.4, -0.2) is 54.0 Å². The van der Waals surface area contributed by atoms with Gasteiger partial charge in [-0.15, -0.1) is 0 Å². The van der Waals surface area contributed by atoms with Crippen molar-refractivity contribution in [1.82, 2.24) is 20.5 Å². The lowest BCUT2D eigenvalue weighted by Gasteiger charge is -2.22. The van der Waals surface area contributed by atoms with Crippen LogP contribution in [0.1, 0.15) is 52.0 Å². The van der Waals surface area contributed by atoms with Crippen molar-refractivity contribution in [2.24, 2.45) is 10.9 Å². The zero-order valence-corrected chi connectivity index (χ0v) is 16.5. The molecule has 1 saturated heterocycles. The molecule has 2 unspecified atom stereocenters. The largest absolute Gasteiger partial charge is 0.357 e. The van der Waals surface area contributed by atoms with Gasteiger partial charge in [0.05, 0.1) is 0 Å². The molecule has 6 heteroatoms. The summed E-state index contributed by atoms with van der Waals surface area (Å²) in [6, 6.07) is 4.37. The number of amides is 1. The molecule has 2 atom stereocenters. The number of nitrogens with zero attached hydrogens (tertiary/aromatic N) is 3. The van der Waals surface area contributed by atoms with Crippen molar-refractivity contribution in [2.45, 2.75) is 52.5 Å². The molecule has 1 aliphatic rings. The second-order valence-corrected chi connectivity index (χ2v) is 7.18. The van der Waals surface area contributed by atoms with Crippen LogP contribution in [0, 0.1) is 5.92 Å². The van der Waals surface area contributed by atoms with Crippen LogP contribution in [0.2, 0.25) is 0 Å². The number of aliphatic imine (C=N–C) groups is 1. The first-order chi connectivity index (χ1) is 12.5. The molecule has 0 aromatic carbocycles. The van der Waals surface area contributed by atoms with E-state index in [9.17, 15) is 4.79 Å². The van der Waals surface area contributed by atoms with Crippen LogP contribution in [0.3, 0.4) is 0 Å². The summed E-state index contributed by atoms with van der Waals surface area (Å²) < 4.78 is 0. The summed E-state index contributed by atoms with van der Waals surface area (Å²) in [4.78, 5) is 22.9. The Balaban J connectivity index is 2.00. The molecule has 144 valence electrons. The Morgan fingerprint density at radius 2 is 2.23 bits per heavy atom. The molecule has 1 aromatic heterocycles. The molecule has 2 heterocycles. The van der Waals surface area contributed by atoms with Gasteiger partial charge >= 0.3 is 0 Å². The molecule has 0 bridgehead atoms. The third-order valence-electron chi connectivity index (χ3n) is 4.89. The van der Waals surface area contributed by atoms with Crippen molar-refractivity contribution in [3.05, 3.63) is 30.1 Å². The maximum absolute atomic E-state index is 11.9. The zero-order chi connectivity index (χ0) is 18.9. The van der Waals surface area contributed by atoms with E-state index in [1.54, 1.807) is 6.20 Å². The number of likely N-dealkylation sites (tertiary alicyclic amines) is 1. The van der Waals surface area contributed by atoms with Gasteiger partial charge in [-0.25, -0.2) is 0 Å². The summed E-state index contributed by atoms with van der Waals surface area (Å²) in [6.07, 6.45) is 5.28. The van der Waals surface area contributed by atoms with Crippen molar-refractivity contribution in [1.29, 1.82) is 0 Å². The first-order valence-electron chi connectivity index (χ1n) is 9.77. The van der Waals surface area contributed by atoms with Crippen molar-refractivity contribution < 1.29 is 4.79 Å². The molecule has 0 radical (unpaired) electrons. The maximum atomic E-state index is 11.9. The van der Waals surface area contributed by atoms with E-state index < -0.39 is 0 Å². The van der Waals surface area contributed by atoms with Gasteiger partial charge in [0.2, 0.25) is 5.91 Å². The molecule has 2 rings (SSSR count). The molecule has 26 heavy (non-hydrogen) atoms. The number of pyridine rings is 1. The summed E-state index contributed by atoms with van der Waals surface area (Å²) in [6.45, 7) is 11.5. The normalized spacial score (nSPS) is 18.9. The van der Waals surface area contributed by atoms with E-state index in [0.717, 1.165) is 32.0 Å². The number of aromatic nitrogens is 1. The third-order valence-corrected chi connectivity index (χ3v) is 4.89. The predicted molar refractivity (Wildman–Crippen MR) is 106 cm³/mol. The maximum Gasteiger partial charge on any atom is 0.222 e. The van der Waals surface area contributed by atoms with Crippen LogP contribution in [0.4, 0.5) is 0 Å². The summed E-state index contributed by atoms with van der Waals surface area (Å²) >= 11 is 0. The van der Waals surface area contributed by atoms with Gasteiger partial charge in [-0.05, 0) is 30.9 Å². The van der Waals surface area contributed by atoms with Gasteiger partial charge in [-0.1, -0.05) is 26.8 Å². The highest BCUT2D eigenvalue weighted by molar-refractivity contribution is 5.80. The van der Waals surface area contributed by atoms with Crippen molar-refractivity contribution in [3.63, 3.8) is 0 Å². The standard InChI is InChI=1S/C20H33N5O/c1-5-19(26)25-11-9-17(14-25)24-20(22-6-2)23-13-18(15(3)4)16-8-7-10-21-12-16/h7-8,10,12,15,17-18H,5-6,9,11,13-14H2,1-4H3,(H2,22,23,24). The smallest absolute Gasteiger partial charge is 0.222 e. The summed E-state index contributed by atoms with van der Waals surface area (Å²) in [5.41, 5.74) is 1.22. The monoisotopic (exact) mass is 359 g/mol. The van der Waals surface area contributed by atoms with E-state index in [1.807, 2.05) is 24.1 Å². The molecular weight excluding hydrogens is 326 g/mol. The fourth-order valence-corrected chi connectivity index (χ4v) is 3.33. The summed E-state index contributed by atoms with van der Waals surface area (Å²) in [5.74, 6) is 1.88. The highest BCUT2D eigenvalue weighted by Gasteiger charge is 2.26. The van der Waals surface area contributed by atoms with E-state index in [-0.39, 0.29) is 11.9 Å². The fourth-order valence-electron chi connectivity index (χ4n) is 3.33. The molecule has 0 spiro atoms. The summed E-state index contributed by atoms with van der Waals surface area (Å²) in [7, 11) is 0. The summed E-state index contributed by atoms with van der Waals surface area (Å²) in [5, 5.41) is 6.83. The minimum Gasteiger partial charge on any atom is -0.357 e. The molecule has 0 aliphatic carbocycles. The first-order valence-corrected chi connectivity index (χ1v) is 9.77. The minimum atomic E-state index is 0.229. The van der Waals surface area contributed by atoms with E-state index in [4.69, 9.17) is 4.99 Å². The van der Waals surface area contributed by atoms with Gasteiger partial charge in [0.25, 0.3) is 0 Å². The first kappa shape index (κ1) is 20.2. The number of hydrogen-bond donors (Lipinski definition) is 2. The Hall–Kier alpha value is -2.11. The number of carbonyl (C=O) groups excluding carboxylic acids is 1. The van der Waals surface area contributed by atoms with Gasteiger partial charge in [0, 0.05) is 57.0 Å². The van der Waals surface area contributed by atoms with Gasteiger partial charge in [-0.2, -0.15) is 0 Å². The van der Waals surface area contributed by atoms with Crippen molar-refractivity contribution >= 4 is 11.9 Å². The van der Waals surface area contributed by atoms with E-state index in [2.05, 4.69) is 42.5 Å². The van der Waals surface area contributed by atoms with Crippen LogP contribution in [0.5, 0.6) is 0 Å². The second-order valence-electron chi connectivity index (χ2n) is 7.18. The number of guanidine groups is 1. The van der Waals surface area contributed by atoms with Gasteiger partial charge in [0.15, 0.2) is 5.96 Å². The van der Waals surface area contributed by atoms with Crippen molar-refractivity contribution in [3.8, 4) is 0 Å². The van der Waals surface area contributed by atoms with Gasteiger partial charge in [0.1, 0.15) is 0 Å². The van der Waals surface area contributed by atoms with Crippen LogP contribution in [0.15, 0.2) is 29.5 Å². The highest BCUT2D eigenvalue weighted by atomic mass is 16.2. The molecule has 1 aliphatic heterocycles.